The number of hydrogen-bond acceptors (Lipinski definition) is 3. The van der Waals surface area contributed by atoms with Crippen molar-refractivity contribution in [2.45, 2.75) is 25.4 Å². The molecule has 0 aromatic carbocycles. The number of hydrogen-bond donors (Lipinski definition) is 0. The molecule has 1 fully saturated rings. The second kappa shape index (κ2) is 5.33. The fraction of sp³-hybridized carbons (Fsp3) is 0.385. The Morgan fingerprint density at radius 2 is 2.41 bits per heavy atom. The van der Waals surface area contributed by atoms with E-state index in [1.165, 1.54) is 6.20 Å². The topological polar surface area (TPSA) is 39.2 Å². The minimum Gasteiger partial charge on any atom is -0.457 e. The van der Waals surface area contributed by atoms with Gasteiger partial charge in [-0.3, -0.25) is 4.98 Å². The van der Waals surface area contributed by atoms with Crippen molar-refractivity contribution >= 4 is 21.9 Å². The van der Waals surface area contributed by atoms with Gasteiger partial charge in [-0.2, -0.15) is 0 Å². The Balaban J connectivity index is 2.02. The average molecular weight is 294 g/mol. The second-order valence-corrected chi connectivity index (χ2v) is 5.00. The van der Waals surface area contributed by atoms with Crippen LogP contribution >= 0.6 is 15.9 Å². The minimum atomic E-state index is -0.356. The van der Waals surface area contributed by atoms with Crippen LogP contribution in [0.4, 0.5) is 0 Å². The van der Waals surface area contributed by atoms with Crippen LogP contribution in [0.15, 0.2) is 22.9 Å². The molecule has 1 aromatic heterocycles. The number of esters is 1. The number of carbonyl (C=O) groups is 1. The zero-order valence-corrected chi connectivity index (χ0v) is 10.8. The summed E-state index contributed by atoms with van der Waals surface area (Å²) in [6, 6.07) is 1.69. The molecule has 88 valence electrons. The Kier molecular flexibility index (Phi) is 3.80. The van der Waals surface area contributed by atoms with Crippen LogP contribution in [-0.4, -0.2) is 17.1 Å². The molecule has 1 atom stereocenters. The minimum absolute atomic E-state index is 0.147. The molecule has 1 aromatic rings. The van der Waals surface area contributed by atoms with Gasteiger partial charge in [-0.15, -0.1) is 12.3 Å². The highest BCUT2D eigenvalue weighted by Crippen LogP contribution is 2.36. The monoisotopic (exact) mass is 293 g/mol. The molecule has 0 saturated heterocycles. The molecule has 1 saturated carbocycles. The van der Waals surface area contributed by atoms with E-state index in [0.717, 1.165) is 17.3 Å². The number of halogens is 1. The summed E-state index contributed by atoms with van der Waals surface area (Å²) in [6.45, 7) is 0. The average Bonchev–Trinajstić information content (AvgIpc) is 3.12. The third-order valence-electron chi connectivity index (χ3n) is 2.67. The fourth-order valence-corrected chi connectivity index (χ4v) is 1.98. The van der Waals surface area contributed by atoms with E-state index in [0.29, 0.717) is 17.9 Å². The van der Waals surface area contributed by atoms with Gasteiger partial charge in [0.2, 0.25) is 0 Å². The first-order chi connectivity index (χ1) is 8.20. The number of terminal acetylenes is 1. The van der Waals surface area contributed by atoms with Crippen LogP contribution in [0.25, 0.3) is 0 Å². The Bertz CT molecular complexity index is 463. The maximum Gasteiger partial charge on any atom is 0.340 e. The first-order valence-corrected chi connectivity index (χ1v) is 6.25. The molecule has 0 amide bonds. The van der Waals surface area contributed by atoms with E-state index in [1.807, 2.05) is 0 Å². The lowest BCUT2D eigenvalue weighted by atomic mass is 10.1. The molecular weight excluding hydrogens is 282 g/mol. The van der Waals surface area contributed by atoms with Crippen LogP contribution in [0, 0.1) is 18.3 Å². The van der Waals surface area contributed by atoms with Crippen molar-refractivity contribution in [3.05, 3.63) is 28.5 Å². The number of carbonyl (C=O) groups excluding carboxylic acids is 1. The molecular formula is C13H12BrNO2. The van der Waals surface area contributed by atoms with Crippen molar-refractivity contribution in [1.29, 1.82) is 0 Å². The van der Waals surface area contributed by atoms with Crippen LogP contribution in [-0.2, 0) is 4.74 Å². The molecule has 1 heterocycles. The smallest absolute Gasteiger partial charge is 0.340 e. The van der Waals surface area contributed by atoms with Crippen LogP contribution in [0.1, 0.15) is 29.6 Å². The number of nitrogens with zero attached hydrogens (tertiary/aromatic N) is 1. The molecule has 0 aliphatic heterocycles. The van der Waals surface area contributed by atoms with Gasteiger partial charge in [-0.05, 0) is 40.8 Å². The molecule has 17 heavy (non-hydrogen) atoms. The molecule has 0 radical (unpaired) electrons. The van der Waals surface area contributed by atoms with Crippen molar-refractivity contribution in [2.24, 2.45) is 5.92 Å². The third-order valence-corrected chi connectivity index (χ3v) is 3.10. The molecule has 1 aliphatic rings. The van der Waals surface area contributed by atoms with E-state index in [4.69, 9.17) is 11.2 Å². The normalized spacial score (nSPS) is 16.0. The van der Waals surface area contributed by atoms with Crippen LogP contribution in [0.2, 0.25) is 0 Å². The zero-order chi connectivity index (χ0) is 12.3. The standard InChI is InChI=1S/C13H12BrNO2/c1-2-3-12(9-4-5-9)17-13(16)10-6-11(14)8-15-7-10/h1,6-9,12H,3-5H2/t12-/m1/s1. The van der Waals surface area contributed by atoms with E-state index in [-0.39, 0.29) is 12.1 Å². The van der Waals surface area contributed by atoms with Crippen LogP contribution in [0.5, 0.6) is 0 Å². The Labute approximate surface area is 109 Å². The molecule has 4 heteroatoms. The molecule has 1 aliphatic carbocycles. The van der Waals surface area contributed by atoms with Crippen molar-refractivity contribution in [1.82, 2.24) is 4.98 Å². The Morgan fingerprint density at radius 1 is 1.65 bits per heavy atom. The van der Waals surface area contributed by atoms with Crippen LogP contribution < -0.4 is 0 Å². The first kappa shape index (κ1) is 12.1. The zero-order valence-electron chi connectivity index (χ0n) is 9.23. The lowest BCUT2D eigenvalue weighted by molar-refractivity contribution is 0.0260. The summed E-state index contributed by atoms with van der Waals surface area (Å²) >= 11 is 3.27. The summed E-state index contributed by atoms with van der Waals surface area (Å²) in [4.78, 5) is 15.8. The fourth-order valence-electron chi connectivity index (χ4n) is 1.62. The first-order valence-electron chi connectivity index (χ1n) is 5.45. The number of pyridine rings is 1. The predicted molar refractivity (Wildman–Crippen MR) is 67.3 cm³/mol. The highest BCUT2D eigenvalue weighted by Gasteiger charge is 2.33. The summed E-state index contributed by atoms with van der Waals surface area (Å²) in [7, 11) is 0. The highest BCUT2D eigenvalue weighted by molar-refractivity contribution is 9.10. The summed E-state index contributed by atoms with van der Waals surface area (Å²) in [5.41, 5.74) is 0.446. The van der Waals surface area contributed by atoms with Crippen molar-refractivity contribution in [2.75, 3.05) is 0 Å². The molecule has 0 N–H and O–H groups in total. The van der Waals surface area contributed by atoms with E-state index >= 15 is 0 Å². The summed E-state index contributed by atoms with van der Waals surface area (Å²) < 4.78 is 6.17. The predicted octanol–water partition coefficient (Wildman–Crippen LogP) is 2.80. The summed E-state index contributed by atoms with van der Waals surface area (Å²) in [5.74, 6) is 2.64. The van der Waals surface area contributed by atoms with Gasteiger partial charge in [0.25, 0.3) is 0 Å². The van der Waals surface area contributed by atoms with E-state index in [2.05, 4.69) is 26.8 Å². The maximum absolute atomic E-state index is 11.9. The van der Waals surface area contributed by atoms with Gasteiger partial charge >= 0.3 is 5.97 Å². The molecule has 0 unspecified atom stereocenters. The van der Waals surface area contributed by atoms with Crippen molar-refractivity contribution < 1.29 is 9.53 Å². The van der Waals surface area contributed by atoms with Gasteiger partial charge in [-0.25, -0.2) is 4.79 Å². The van der Waals surface area contributed by atoms with E-state index < -0.39 is 0 Å². The van der Waals surface area contributed by atoms with Gasteiger partial charge in [0.15, 0.2) is 0 Å². The molecule has 3 nitrogen and oxygen atoms in total. The van der Waals surface area contributed by atoms with Gasteiger partial charge < -0.3 is 4.74 Å². The summed E-state index contributed by atoms with van der Waals surface area (Å²) in [5, 5.41) is 0. The number of aromatic nitrogens is 1. The summed E-state index contributed by atoms with van der Waals surface area (Å²) in [6.07, 6.45) is 10.9. The maximum atomic E-state index is 11.9. The lowest BCUT2D eigenvalue weighted by Gasteiger charge is -2.14. The third kappa shape index (κ3) is 3.31. The van der Waals surface area contributed by atoms with Gasteiger partial charge in [0, 0.05) is 23.3 Å². The highest BCUT2D eigenvalue weighted by atomic mass is 79.9. The van der Waals surface area contributed by atoms with Gasteiger partial charge in [-0.1, -0.05) is 0 Å². The largest absolute Gasteiger partial charge is 0.457 e. The Morgan fingerprint density at radius 3 is 3.00 bits per heavy atom. The SMILES string of the molecule is C#CC[C@@H](OC(=O)c1cncc(Br)c1)C1CC1. The van der Waals surface area contributed by atoms with Gasteiger partial charge in [0.05, 0.1) is 5.56 Å². The molecule has 0 spiro atoms. The molecule has 0 bridgehead atoms. The lowest BCUT2D eigenvalue weighted by Crippen LogP contribution is -2.20. The Hall–Kier alpha value is -1.34. The van der Waals surface area contributed by atoms with E-state index in [9.17, 15) is 4.79 Å². The van der Waals surface area contributed by atoms with Crippen molar-refractivity contribution in [3.8, 4) is 12.3 Å². The number of rotatable bonds is 4. The van der Waals surface area contributed by atoms with Crippen LogP contribution in [0.3, 0.4) is 0 Å². The van der Waals surface area contributed by atoms with E-state index in [1.54, 1.807) is 12.3 Å². The second-order valence-electron chi connectivity index (χ2n) is 4.08. The van der Waals surface area contributed by atoms with Crippen molar-refractivity contribution in [3.63, 3.8) is 0 Å². The molecule has 2 rings (SSSR count). The number of ether oxygens (including phenoxy) is 1. The quantitative estimate of drug-likeness (QED) is 0.633. The van der Waals surface area contributed by atoms with Gasteiger partial charge in [0.1, 0.15) is 6.10 Å².